The molecule has 0 heterocycles. The standard InChI is InChI=1S/C11H13N3O3/c1-11(4-5-11)13-10(15)7-2-3-9(14(16)17)8(12)6-7/h2-3,6H,4-5,12H2,1H3,(H,13,15). The largest absolute Gasteiger partial charge is 0.393 e. The molecule has 0 aliphatic heterocycles. The fourth-order valence-corrected chi connectivity index (χ4v) is 1.52. The average molecular weight is 235 g/mol. The van der Waals surface area contributed by atoms with Crippen LogP contribution in [0.5, 0.6) is 0 Å². The van der Waals surface area contributed by atoms with Crippen molar-refractivity contribution in [2.75, 3.05) is 5.73 Å². The first kappa shape index (κ1) is 11.4. The Morgan fingerprint density at radius 2 is 2.18 bits per heavy atom. The Labute approximate surface area is 98.0 Å². The number of nitro groups is 1. The maximum Gasteiger partial charge on any atom is 0.292 e. The third-order valence-corrected chi connectivity index (χ3v) is 2.90. The first-order valence-electron chi connectivity index (χ1n) is 5.28. The highest BCUT2D eigenvalue weighted by Crippen LogP contribution is 2.34. The van der Waals surface area contributed by atoms with E-state index in [4.69, 9.17) is 5.73 Å². The molecule has 1 aliphatic carbocycles. The molecule has 2 rings (SSSR count). The maximum atomic E-state index is 11.8. The number of anilines is 1. The summed E-state index contributed by atoms with van der Waals surface area (Å²) in [6.45, 7) is 1.96. The average Bonchev–Trinajstić information content (AvgIpc) is 2.95. The maximum absolute atomic E-state index is 11.8. The van der Waals surface area contributed by atoms with Crippen molar-refractivity contribution >= 4 is 17.3 Å². The third-order valence-electron chi connectivity index (χ3n) is 2.90. The molecular weight excluding hydrogens is 222 g/mol. The first-order chi connectivity index (χ1) is 7.91. The summed E-state index contributed by atoms with van der Waals surface area (Å²) in [6.07, 6.45) is 1.92. The summed E-state index contributed by atoms with van der Waals surface area (Å²) < 4.78 is 0. The summed E-state index contributed by atoms with van der Waals surface area (Å²) >= 11 is 0. The lowest BCUT2D eigenvalue weighted by Crippen LogP contribution is -2.34. The molecule has 17 heavy (non-hydrogen) atoms. The van der Waals surface area contributed by atoms with Gasteiger partial charge in [-0.25, -0.2) is 0 Å². The molecular formula is C11H13N3O3. The van der Waals surface area contributed by atoms with Crippen molar-refractivity contribution in [1.82, 2.24) is 5.32 Å². The van der Waals surface area contributed by atoms with Crippen LogP contribution in [0.25, 0.3) is 0 Å². The number of carbonyl (C=O) groups excluding carboxylic acids is 1. The highest BCUT2D eigenvalue weighted by Gasteiger charge is 2.38. The second-order valence-corrected chi connectivity index (χ2v) is 4.55. The van der Waals surface area contributed by atoms with E-state index in [0.717, 1.165) is 12.8 Å². The van der Waals surface area contributed by atoms with Gasteiger partial charge in [0.15, 0.2) is 0 Å². The Bertz CT molecular complexity index is 495. The van der Waals surface area contributed by atoms with E-state index in [2.05, 4.69) is 5.32 Å². The fraction of sp³-hybridized carbons (Fsp3) is 0.364. The normalized spacial score (nSPS) is 16.3. The molecule has 3 N–H and O–H groups in total. The topological polar surface area (TPSA) is 98.3 Å². The fourth-order valence-electron chi connectivity index (χ4n) is 1.52. The Morgan fingerprint density at radius 3 is 2.65 bits per heavy atom. The molecule has 0 bridgehead atoms. The molecule has 0 atom stereocenters. The van der Waals surface area contributed by atoms with Gasteiger partial charge >= 0.3 is 0 Å². The Hall–Kier alpha value is -2.11. The van der Waals surface area contributed by atoms with Crippen LogP contribution in [0.1, 0.15) is 30.1 Å². The van der Waals surface area contributed by atoms with Crippen LogP contribution in [-0.2, 0) is 0 Å². The van der Waals surface area contributed by atoms with Crippen molar-refractivity contribution in [3.8, 4) is 0 Å². The number of nitrogens with two attached hydrogens (primary N) is 1. The number of nitro benzene ring substituents is 1. The van der Waals surface area contributed by atoms with Crippen LogP contribution in [0.2, 0.25) is 0 Å². The number of benzene rings is 1. The van der Waals surface area contributed by atoms with Crippen LogP contribution >= 0.6 is 0 Å². The highest BCUT2D eigenvalue weighted by atomic mass is 16.6. The summed E-state index contributed by atoms with van der Waals surface area (Å²) in [7, 11) is 0. The minimum Gasteiger partial charge on any atom is -0.393 e. The van der Waals surface area contributed by atoms with Gasteiger partial charge in [-0.05, 0) is 31.9 Å². The summed E-state index contributed by atoms with van der Waals surface area (Å²) in [5, 5.41) is 13.4. The van der Waals surface area contributed by atoms with Gasteiger partial charge < -0.3 is 11.1 Å². The second-order valence-electron chi connectivity index (χ2n) is 4.55. The van der Waals surface area contributed by atoms with Gasteiger partial charge in [-0.3, -0.25) is 14.9 Å². The minimum absolute atomic E-state index is 0.00333. The van der Waals surface area contributed by atoms with E-state index < -0.39 is 4.92 Å². The molecule has 90 valence electrons. The van der Waals surface area contributed by atoms with Crippen molar-refractivity contribution < 1.29 is 9.72 Å². The molecule has 6 nitrogen and oxygen atoms in total. The first-order valence-corrected chi connectivity index (χ1v) is 5.28. The summed E-state index contributed by atoms with van der Waals surface area (Å²) in [6, 6.07) is 3.99. The number of nitrogen functional groups attached to an aromatic ring is 1. The molecule has 0 unspecified atom stereocenters. The van der Waals surface area contributed by atoms with Crippen LogP contribution in [0, 0.1) is 10.1 Å². The van der Waals surface area contributed by atoms with Gasteiger partial charge in [0.1, 0.15) is 5.69 Å². The van der Waals surface area contributed by atoms with Crippen molar-refractivity contribution in [2.24, 2.45) is 0 Å². The quantitative estimate of drug-likeness (QED) is 0.470. The molecule has 0 aromatic heterocycles. The number of rotatable bonds is 3. The predicted molar refractivity (Wildman–Crippen MR) is 62.6 cm³/mol. The number of hydrogen-bond donors (Lipinski definition) is 2. The monoisotopic (exact) mass is 235 g/mol. The van der Waals surface area contributed by atoms with E-state index in [9.17, 15) is 14.9 Å². The zero-order valence-electron chi connectivity index (χ0n) is 9.40. The highest BCUT2D eigenvalue weighted by molar-refractivity contribution is 5.96. The molecule has 1 fully saturated rings. The van der Waals surface area contributed by atoms with Crippen LogP contribution in [-0.4, -0.2) is 16.4 Å². The SMILES string of the molecule is CC1(NC(=O)c2ccc([N+](=O)[O-])c(N)c2)CC1. The van der Waals surface area contributed by atoms with Crippen LogP contribution in [0.4, 0.5) is 11.4 Å². The van der Waals surface area contributed by atoms with E-state index in [1.54, 1.807) is 0 Å². The van der Waals surface area contributed by atoms with Crippen molar-refractivity contribution in [2.45, 2.75) is 25.3 Å². The molecule has 0 saturated heterocycles. The van der Waals surface area contributed by atoms with Crippen molar-refractivity contribution in [3.05, 3.63) is 33.9 Å². The molecule has 1 aromatic rings. The number of amides is 1. The summed E-state index contributed by atoms with van der Waals surface area (Å²) in [5.74, 6) is -0.244. The lowest BCUT2D eigenvalue weighted by Gasteiger charge is -2.11. The van der Waals surface area contributed by atoms with E-state index in [1.165, 1.54) is 18.2 Å². The van der Waals surface area contributed by atoms with Gasteiger partial charge in [-0.1, -0.05) is 0 Å². The second kappa shape index (κ2) is 3.73. The van der Waals surface area contributed by atoms with Crippen molar-refractivity contribution in [1.29, 1.82) is 0 Å². The van der Waals surface area contributed by atoms with E-state index >= 15 is 0 Å². The van der Waals surface area contributed by atoms with Gasteiger partial charge in [0.05, 0.1) is 4.92 Å². The molecule has 0 radical (unpaired) electrons. The molecule has 1 saturated carbocycles. The molecule has 6 heteroatoms. The van der Waals surface area contributed by atoms with Crippen LogP contribution in [0.3, 0.4) is 0 Å². The van der Waals surface area contributed by atoms with Gasteiger partial charge in [-0.2, -0.15) is 0 Å². The lowest BCUT2D eigenvalue weighted by atomic mass is 10.1. The van der Waals surface area contributed by atoms with E-state index in [0.29, 0.717) is 5.56 Å². The lowest BCUT2D eigenvalue weighted by molar-refractivity contribution is -0.383. The predicted octanol–water partition coefficient (Wildman–Crippen LogP) is 1.46. The molecule has 1 aliphatic rings. The van der Waals surface area contributed by atoms with Gasteiger partial charge in [0.2, 0.25) is 0 Å². The van der Waals surface area contributed by atoms with Gasteiger partial charge in [-0.15, -0.1) is 0 Å². The smallest absolute Gasteiger partial charge is 0.292 e. The van der Waals surface area contributed by atoms with Crippen LogP contribution in [0.15, 0.2) is 18.2 Å². The number of carbonyl (C=O) groups is 1. The molecule has 1 amide bonds. The Balaban J connectivity index is 2.19. The Kier molecular flexibility index (Phi) is 2.49. The zero-order chi connectivity index (χ0) is 12.6. The summed E-state index contributed by atoms with van der Waals surface area (Å²) in [5.41, 5.74) is 5.57. The van der Waals surface area contributed by atoms with Gasteiger partial charge in [0, 0.05) is 17.2 Å². The number of nitrogens with zero attached hydrogens (tertiary/aromatic N) is 1. The molecule has 0 spiro atoms. The van der Waals surface area contributed by atoms with Crippen molar-refractivity contribution in [3.63, 3.8) is 0 Å². The molecule has 1 aromatic carbocycles. The van der Waals surface area contributed by atoms with Gasteiger partial charge in [0.25, 0.3) is 11.6 Å². The Morgan fingerprint density at radius 1 is 1.53 bits per heavy atom. The van der Waals surface area contributed by atoms with Crippen LogP contribution < -0.4 is 11.1 Å². The van der Waals surface area contributed by atoms with E-state index in [1.807, 2.05) is 6.92 Å². The number of hydrogen-bond acceptors (Lipinski definition) is 4. The third kappa shape index (κ3) is 2.35. The number of nitrogens with one attached hydrogen (secondary N) is 1. The minimum atomic E-state index is -0.570. The summed E-state index contributed by atoms with van der Waals surface area (Å²) in [4.78, 5) is 21.8. The zero-order valence-corrected chi connectivity index (χ0v) is 9.40. The van der Waals surface area contributed by atoms with E-state index in [-0.39, 0.29) is 22.8 Å².